The molecule has 0 fully saturated rings. The van der Waals surface area contributed by atoms with E-state index < -0.39 is 12.0 Å². The minimum Gasteiger partial charge on any atom is -0.480 e. The summed E-state index contributed by atoms with van der Waals surface area (Å²) in [6, 6.07) is 4.24. The van der Waals surface area contributed by atoms with Crippen molar-refractivity contribution in [2.45, 2.75) is 19.4 Å². The van der Waals surface area contributed by atoms with E-state index in [0.29, 0.717) is 22.8 Å². The van der Waals surface area contributed by atoms with Crippen molar-refractivity contribution in [1.29, 1.82) is 0 Å². The van der Waals surface area contributed by atoms with Crippen LogP contribution < -0.4 is 11.1 Å². The lowest BCUT2D eigenvalue weighted by Crippen LogP contribution is -2.43. The highest BCUT2D eigenvalue weighted by Crippen LogP contribution is 2.24. The van der Waals surface area contributed by atoms with E-state index in [1.165, 1.54) is 4.90 Å². The highest BCUT2D eigenvalue weighted by Gasteiger charge is 2.23. The molecule has 0 aliphatic carbocycles. The summed E-state index contributed by atoms with van der Waals surface area (Å²) in [5.74, 6) is -1.29. The first kappa shape index (κ1) is 16.3. The van der Waals surface area contributed by atoms with Crippen LogP contribution >= 0.6 is 11.6 Å². The fourth-order valence-electron chi connectivity index (χ4n) is 1.87. The molecule has 1 atom stereocenters. The number of rotatable bonds is 6. The number of nitrogens with zero attached hydrogens (tertiary/aromatic N) is 1. The van der Waals surface area contributed by atoms with Crippen LogP contribution in [0.4, 0.5) is 11.4 Å². The van der Waals surface area contributed by atoms with Crippen molar-refractivity contribution in [3.63, 3.8) is 0 Å². The Kier molecular flexibility index (Phi) is 5.79. The highest BCUT2D eigenvalue weighted by atomic mass is 35.5. The molecule has 0 aromatic heterocycles. The van der Waals surface area contributed by atoms with Gasteiger partial charge in [0.2, 0.25) is 5.91 Å². The van der Waals surface area contributed by atoms with Gasteiger partial charge in [-0.25, -0.2) is 0 Å². The molecule has 0 aliphatic heterocycles. The number of amides is 1. The summed E-state index contributed by atoms with van der Waals surface area (Å²) in [6.45, 7) is 1.61. The van der Waals surface area contributed by atoms with Crippen molar-refractivity contribution >= 4 is 34.9 Å². The zero-order valence-electron chi connectivity index (χ0n) is 11.4. The Bertz CT molecular complexity index is 508. The topological polar surface area (TPSA) is 95.7 Å². The summed E-state index contributed by atoms with van der Waals surface area (Å²) in [5.41, 5.74) is 6.53. The van der Waals surface area contributed by atoms with Crippen molar-refractivity contribution in [3.05, 3.63) is 23.2 Å². The van der Waals surface area contributed by atoms with Gasteiger partial charge in [-0.3, -0.25) is 14.5 Å². The molecule has 0 radical (unpaired) electrons. The van der Waals surface area contributed by atoms with E-state index in [0.717, 1.165) is 0 Å². The molecule has 4 N–H and O–H groups in total. The van der Waals surface area contributed by atoms with Crippen molar-refractivity contribution in [2.24, 2.45) is 0 Å². The van der Waals surface area contributed by atoms with Gasteiger partial charge in [-0.2, -0.15) is 0 Å². The predicted octanol–water partition coefficient (Wildman–Crippen LogP) is 1.66. The smallest absolute Gasteiger partial charge is 0.317 e. The van der Waals surface area contributed by atoms with E-state index in [2.05, 4.69) is 5.32 Å². The first-order valence-corrected chi connectivity index (χ1v) is 6.50. The predicted molar refractivity (Wildman–Crippen MR) is 78.8 cm³/mol. The molecule has 0 spiro atoms. The Balaban J connectivity index is 2.79. The molecule has 0 saturated carbocycles. The van der Waals surface area contributed by atoms with Gasteiger partial charge in [0.05, 0.1) is 23.3 Å². The van der Waals surface area contributed by atoms with Gasteiger partial charge in [0.1, 0.15) is 0 Å². The molecule has 6 nitrogen and oxygen atoms in total. The third-order valence-electron chi connectivity index (χ3n) is 2.86. The highest BCUT2D eigenvalue weighted by molar-refractivity contribution is 6.34. The normalized spacial score (nSPS) is 12.2. The van der Waals surface area contributed by atoms with Gasteiger partial charge in [0.15, 0.2) is 0 Å². The molecule has 7 heteroatoms. The number of nitrogens with one attached hydrogen (secondary N) is 1. The molecule has 110 valence electrons. The molecule has 1 aromatic carbocycles. The first-order chi connectivity index (χ1) is 9.35. The summed E-state index contributed by atoms with van der Waals surface area (Å²) < 4.78 is 0. The van der Waals surface area contributed by atoms with Crippen LogP contribution in [0.3, 0.4) is 0 Å². The summed E-state index contributed by atoms with van der Waals surface area (Å²) in [6.07, 6.45) is 0.488. The van der Waals surface area contributed by atoms with Crippen molar-refractivity contribution < 1.29 is 14.7 Å². The van der Waals surface area contributed by atoms with Gasteiger partial charge in [0.25, 0.3) is 0 Å². The van der Waals surface area contributed by atoms with Gasteiger partial charge >= 0.3 is 5.97 Å². The molecule has 1 rings (SSSR count). The molecule has 0 bridgehead atoms. The number of hydrogen-bond donors (Lipinski definition) is 3. The number of likely N-dealkylation sites (N-methyl/N-ethyl adjacent to an activating group) is 1. The second kappa shape index (κ2) is 7.12. The molecule has 0 heterocycles. The van der Waals surface area contributed by atoms with Crippen molar-refractivity contribution in [3.8, 4) is 0 Å². The van der Waals surface area contributed by atoms with Crippen LogP contribution in [0.2, 0.25) is 5.02 Å². The molecule has 1 amide bonds. The summed E-state index contributed by atoms with van der Waals surface area (Å²) >= 11 is 5.98. The standard InChI is InChI=1S/C13H18ClN3O3/c1-3-11(17(2)7-12(18)19)13(20)16-10-5-4-8(15)6-9(10)14/h4-6,11H,3,7,15H2,1-2H3,(H,16,20)(H,18,19). The molecule has 0 saturated heterocycles. The zero-order valence-corrected chi connectivity index (χ0v) is 12.1. The monoisotopic (exact) mass is 299 g/mol. The maximum atomic E-state index is 12.2. The Morgan fingerprint density at radius 1 is 1.50 bits per heavy atom. The Labute approximate surface area is 122 Å². The number of benzene rings is 1. The van der Waals surface area contributed by atoms with Gasteiger partial charge in [0, 0.05) is 5.69 Å². The van der Waals surface area contributed by atoms with Gasteiger partial charge in [-0.05, 0) is 31.7 Å². The number of aliphatic carboxylic acids is 1. The average molecular weight is 300 g/mol. The molecular weight excluding hydrogens is 282 g/mol. The number of nitrogen functional groups attached to an aromatic ring is 1. The lowest BCUT2D eigenvalue weighted by molar-refractivity contribution is -0.139. The fraction of sp³-hybridized carbons (Fsp3) is 0.385. The largest absolute Gasteiger partial charge is 0.480 e. The van der Waals surface area contributed by atoms with E-state index >= 15 is 0 Å². The Hall–Kier alpha value is -1.79. The molecule has 20 heavy (non-hydrogen) atoms. The van der Waals surface area contributed by atoms with Crippen LogP contribution in [-0.2, 0) is 9.59 Å². The number of halogens is 1. The Morgan fingerprint density at radius 2 is 2.15 bits per heavy atom. The summed E-state index contributed by atoms with van der Waals surface area (Å²) in [4.78, 5) is 24.3. The van der Waals surface area contributed by atoms with E-state index in [9.17, 15) is 9.59 Å². The van der Waals surface area contributed by atoms with Crippen LogP contribution in [-0.4, -0.2) is 41.5 Å². The van der Waals surface area contributed by atoms with Crippen LogP contribution in [0.25, 0.3) is 0 Å². The van der Waals surface area contributed by atoms with Crippen molar-refractivity contribution in [1.82, 2.24) is 4.90 Å². The third kappa shape index (κ3) is 4.40. The average Bonchev–Trinajstić information content (AvgIpc) is 2.32. The maximum absolute atomic E-state index is 12.2. The van der Waals surface area contributed by atoms with Crippen LogP contribution in [0, 0.1) is 0 Å². The zero-order chi connectivity index (χ0) is 15.3. The van der Waals surface area contributed by atoms with E-state index in [-0.39, 0.29) is 12.5 Å². The van der Waals surface area contributed by atoms with Crippen LogP contribution in [0.5, 0.6) is 0 Å². The quantitative estimate of drug-likeness (QED) is 0.694. The maximum Gasteiger partial charge on any atom is 0.317 e. The third-order valence-corrected chi connectivity index (χ3v) is 3.17. The minimum atomic E-state index is -0.982. The van der Waals surface area contributed by atoms with E-state index in [1.54, 1.807) is 25.2 Å². The van der Waals surface area contributed by atoms with E-state index in [4.69, 9.17) is 22.4 Å². The number of anilines is 2. The Morgan fingerprint density at radius 3 is 2.65 bits per heavy atom. The molecule has 1 aromatic rings. The van der Waals surface area contributed by atoms with Crippen LogP contribution in [0.1, 0.15) is 13.3 Å². The summed E-state index contributed by atoms with van der Waals surface area (Å²) in [5, 5.41) is 11.8. The number of nitrogens with two attached hydrogens (primary N) is 1. The lowest BCUT2D eigenvalue weighted by atomic mass is 10.1. The van der Waals surface area contributed by atoms with Crippen LogP contribution in [0.15, 0.2) is 18.2 Å². The fourth-order valence-corrected chi connectivity index (χ4v) is 2.11. The second-order valence-electron chi connectivity index (χ2n) is 4.46. The number of carbonyl (C=O) groups excluding carboxylic acids is 1. The second-order valence-corrected chi connectivity index (χ2v) is 4.87. The number of carboxylic acids is 1. The first-order valence-electron chi connectivity index (χ1n) is 6.13. The van der Waals surface area contributed by atoms with Gasteiger partial charge in [-0.1, -0.05) is 18.5 Å². The SMILES string of the molecule is CCC(C(=O)Nc1ccc(N)cc1Cl)N(C)CC(=O)O. The van der Waals surface area contributed by atoms with Gasteiger partial charge < -0.3 is 16.2 Å². The number of carbonyl (C=O) groups is 2. The summed E-state index contributed by atoms with van der Waals surface area (Å²) in [7, 11) is 1.59. The van der Waals surface area contributed by atoms with Crippen molar-refractivity contribution in [2.75, 3.05) is 24.6 Å². The minimum absolute atomic E-state index is 0.207. The number of carboxylic acid groups (broad SMARTS) is 1. The molecule has 0 aliphatic rings. The van der Waals surface area contributed by atoms with Gasteiger partial charge in [-0.15, -0.1) is 0 Å². The molecule has 1 unspecified atom stereocenters. The number of hydrogen-bond acceptors (Lipinski definition) is 4. The molecular formula is C13H18ClN3O3. The lowest BCUT2D eigenvalue weighted by Gasteiger charge is -2.24. The van der Waals surface area contributed by atoms with E-state index in [1.807, 2.05) is 6.92 Å².